The molecule has 1 unspecified atom stereocenters. The lowest BCUT2D eigenvalue weighted by Crippen LogP contribution is -2.20. The largest absolute Gasteiger partial charge is 0.313 e. The lowest BCUT2D eigenvalue weighted by atomic mass is 9.97. The average molecular weight is 279 g/mol. The van der Waals surface area contributed by atoms with Gasteiger partial charge in [-0.1, -0.05) is 12.1 Å². The number of halogens is 3. The summed E-state index contributed by atoms with van der Waals surface area (Å²) in [5, 5.41) is 2.98. The average Bonchev–Trinajstić information content (AvgIpc) is 2.37. The second kappa shape index (κ2) is 6.09. The van der Waals surface area contributed by atoms with Crippen LogP contribution in [0.3, 0.4) is 0 Å². The number of hydrogen-bond acceptors (Lipinski definition) is 1. The Morgan fingerprint density at radius 3 is 2.25 bits per heavy atom. The molecule has 0 aliphatic heterocycles. The topological polar surface area (TPSA) is 12.0 Å². The van der Waals surface area contributed by atoms with Crippen molar-refractivity contribution in [3.63, 3.8) is 0 Å². The highest BCUT2D eigenvalue weighted by molar-refractivity contribution is 5.29. The first-order valence-corrected chi connectivity index (χ1v) is 6.38. The Hall–Kier alpha value is -1.81. The zero-order chi connectivity index (χ0) is 14.7. The molecule has 4 heteroatoms. The zero-order valence-electron chi connectivity index (χ0n) is 11.4. The van der Waals surface area contributed by atoms with Crippen molar-refractivity contribution in [1.82, 2.24) is 5.32 Å². The van der Waals surface area contributed by atoms with E-state index in [-0.39, 0.29) is 23.8 Å². The monoisotopic (exact) mass is 279 g/mol. The van der Waals surface area contributed by atoms with E-state index < -0.39 is 11.6 Å². The van der Waals surface area contributed by atoms with E-state index in [9.17, 15) is 13.2 Å². The van der Waals surface area contributed by atoms with E-state index in [1.165, 1.54) is 30.3 Å². The third kappa shape index (κ3) is 3.20. The van der Waals surface area contributed by atoms with E-state index in [4.69, 9.17) is 0 Å². The minimum atomic E-state index is -0.585. The predicted molar refractivity (Wildman–Crippen MR) is 73.0 cm³/mol. The van der Waals surface area contributed by atoms with Crippen LogP contribution in [0.4, 0.5) is 13.2 Å². The van der Waals surface area contributed by atoms with Crippen LogP contribution in [0, 0.1) is 24.4 Å². The second-order valence-electron chi connectivity index (χ2n) is 4.81. The van der Waals surface area contributed by atoms with Crippen LogP contribution in [-0.4, -0.2) is 7.05 Å². The summed E-state index contributed by atoms with van der Waals surface area (Å²) in [5.74, 6) is -1.52. The van der Waals surface area contributed by atoms with Gasteiger partial charge in [-0.25, -0.2) is 13.2 Å². The van der Waals surface area contributed by atoms with Crippen molar-refractivity contribution in [2.45, 2.75) is 19.4 Å². The molecule has 1 nitrogen and oxygen atoms in total. The quantitative estimate of drug-likeness (QED) is 0.894. The van der Waals surface area contributed by atoms with Gasteiger partial charge in [0.05, 0.1) is 0 Å². The summed E-state index contributed by atoms with van der Waals surface area (Å²) in [6.45, 7) is 1.78. The summed E-state index contributed by atoms with van der Waals surface area (Å²) in [6, 6.07) is 8.03. The van der Waals surface area contributed by atoms with Gasteiger partial charge in [-0.2, -0.15) is 0 Å². The van der Waals surface area contributed by atoms with Crippen LogP contribution >= 0.6 is 0 Å². The number of nitrogens with one attached hydrogen (secondary N) is 1. The molecule has 106 valence electrons. The minimum absolute atomic E-state index is 0.00812. The van der Waals surface area contributed by atoms with Crippen molar-refractivity contribution in [3.8, 4) is 0 Å². The molecule has 0 fully saturated rings. The van der Waals surface area contributed by atoms with Gasteiger partial charge >= 0.3 is 0 Å². The van der Waals surface area contributed by atoms with Gasteiger partial charge in [-0.3, -0.25) is 0 Å². The molecule has 0 amide bonds. The van der Waals surface area contributed by atoms with Gasteiger partial charge in [-0.05, 0) is 55.8 Å². The maximum absolute atomic E-state index is 13.7. The maximum atomic E-state index is 13.7. The van der Waals surface area contributed by atoms with E-state index in [1.807, 2.05) is 6.07 Å². The smallest absolute Gasteiger partial charge is 0.129 e. The molecule has 0 spiro atoms. The first-order valence-electron chi connectivity index (χ1n) is 6.38. The Balaban J connectivity index is 2.33. The molecule has 0 heterocycles. The van der Waals surface area contributed by atoms with Crippen LogP contribution in [0.15, 0.2) is 36.4 Å². The summed E-state index contributed by atoms with van der Waals surface area (Å²) in [5.41, 5.74) is 1.45. The molecule has 0 aromatic heterocycles. The number of rotatable bonds is 4. The van der Waals surface area contributed by atoms with Crippen LogP contribution in [-0.2, 0) is 6.42 Å². The molecular formula is C16H16F3N. The van der Waals surface area contributed by atoms with Crippen molar-refractivity contribution >= 4 is 0 Å². The van der Waals surface area contributed by atoms with Gasteiger partial charge in [-0.15, -0.1) is 0 Å². The van der Waals surface area contributed by atoms with Crippen LogP contribution in [0.25, 0.3) is 0 Å². The van der Waals surface area contributed by atoms with Crippen molar-refractivity contribution in [3.05, 3.63) is 70.5 Å². The fourth-order valence-electron chi connectivity index (χ4n) is 2.28. The van der Waals surface area contributed by atoms with Gasteiger partial charge in [0.2, 0.25) is 0 Å². The van der Waals surface area contributed by atoms with E-state index in [2.05, 4.69) is 5.32 Å². The Morgan fingerprint density at radius 1 is 1.05 bits per heavy atom. The maximum Gasteiger partial charge on any atom is 0.129 e. The number of aryl methyl sites for hydroxylation is 1. The molecule has 1 atom stereocenters. The number of hydrogen-bond donors (Lipinski definition) is 1. The van der Waals surface area contributed by atoms with Gasteiger partial charge in [0, 0.05) is 11.6 Å². The van der Waals surface area contributed by atoms with Crippen LogP contribution in [0.1, 0.15) is 22.7 Å². The van der Waals surface area contributed by atoms with Gasteiger partial charge < -0.3 is 5.32 Å². The fourth-order valence-corrected chi connectivity index (χ4v) is 2.28. The van der Waals surface area contributed by atoms with Crippen LogP contribution < -0.4 is 5.32 Å². The van der Waals surface area contributed by atoms with E-state index in [0.29, 0.717) is 5.56 Å². The standard InChI is InChI=1S/C16H16F3N/c1-10-6-11(8-12(17)7-10)16(20-2)9-13-14(18)4-3-5-15(13)19/h3-8,16,20H,9H2,1-2H3. The molecule has 0 bridgehead atoms. The summed E-state index contributed by atoms with van der Waals surface area (Å²) in [6.07, 6.45) is 0.123. The summed E-state index contributed by atoms with van der Waals surface area (Å²) in [7, 11) is 1.68. The fraction of sp³-hybridized carbons (Fsp3) is 0.250. The lowest BCUT2D eigenvalue weighted by Gasteiger charge is -2.18. The highest BCUT2D eigenvalue weighted by atomic mass is 19.1. The Kier molecular flexibility index (Phi) is 4.45. The summed E-state index contributed by atoms with van der Waals surface area (Å²) < 4.78 is 40.8. The zero-order valence-corrected chi connectivity index (χ0v) is 11.4. The highest BCUT2D eigenvalue weighted by Crippen LogP contribution is 2.23. The van der Waals surface area contributed by atoms with Gasteiger partial charge in [0.1, 0.15) is 17.5 Å². The molecule has 0 radical (unpaired) electrons. The molecule has 0 saturated heterocycles. The van der Waals surface area contributed by atoms with Crippen LogP contribution in [0.2, 0.25) is 0 Å². The first-order chi connectivity index (χ1) is 9.51. The SMILES string of the molecule is CNC(Cc1c(F)cccc1F)c1cc(C)cc(F)c1. The molecule has 2 aromatic carbocycles. The van der Waals surface area contributed by atoms with E-state index in [0.717, 1.165) is 5.56 Å². The van der Waals surface area contributed by atoms with E-state index >= 15 is 0 Å². The molecular weight excluding hydrogens is 263 g/mol. The molecule has 0 aliphatic carbocycles. The molecule has 2 rings (SSSR count). The first kappa shape index (κ1) is 14.6. The van der Waals surface area contributed by atoms with Gasteiger partial charge in [0.25, 0.3) is 0 Å². The molecule has 1 N–H and O–H groups in total. The van der Waals surface area contributed by atoms with E-state index in [1.54, 1.807) is 14.0 Å². The Bertz CT molecular complexity index is 570. The molecule has 0 aliphatic rings. The van der Waals surface area contributed by atoms with Gasteiger partial charge in [0.15, 0.2) is 0 Å². The van der Waals surface area contributed by atoms with Crippen molar-refractivity contribution in [2.75, 3.05) is 7.05 Å². The third-order valence-electron chi connectivity index (χ3n) is 3.29. The normalized spacial score (nSPS) is 12.4. The highest BCUT2D eigenvalue weighted by Gasteiger charge is 2.17. The van der Waals surface area contributed by atoms with Crippen molar-refractivity contribution < 1.29 is 13.2 Å². The van der Waals surface area contributed by atoms with Crippen molar-refractivity contribution in [1.29, 1.82) is 0 Å². The molecule has 0 saturated carbocycles. The molecule has 2 aromatic rings. The molecule has 20 heavy (non-hydrogen) atoms. The Labute approximate surface area is 116 Å². The Morgan fingerprint density at radius 2 is 1.70 bits per heavy atom. The predicted octanol–water partition coefficient (Wildman–Crippen LogP) is 3.92. The number of likely N-dealkylation sites (N-methyl/N-ethyl adjacent to an activating group) is 1. The second-order valence-corrected chi connectivity index (χ2v) is 4.81. The summed E-state index contributed by atoms with van der Waals surface area (Å²) >= 11 is 0. The summed E-state index contributed by atoms with van der Waals surface area (Å²) in [4.78, 5) is 0. The van der Waals surface area contributed by atoms with Crippen molar-refractivity contribution in [2.24, 2.45) is 0 Å². The number of benzene rings is 2. The lowest BCUT2D eigenvalue weighted by molar-refractivity contribution is 0.513. The third-order valence-corrected chi connectivity index (χ3v) is 3.29. The minimum Gasteiger partial charge on any atom is -0.313 e. The van der Waals surface area contributed by atoms with Crippen LogP contribution in [0.5, 0.6) is 0 Å².